The molecule has 3 heterocycles. The van der Waals surface area contributed by atoms with E-state index in [0.717, 1.165) is 25.8 Å². The number of nitrogens with zero attached hydrogens (tertiary/aromatic N) is 6. The molecule has 29 heavy (non-hydrogen) atoms. The van der Waals surface area contributed by atoms with E-state index in [0.29, 0.717) is 12.2 Å². The normalized spacial score (nSPS) is 29.7. The molecule has 146 valence electrons. The summed E-state index contributed by atoms with van der Waals surface area (Å²) in [6, 6.07) is 8.06. The Bertz CT molecular complexity index is 1130. The second-order valence-corrected chi connectivity index (χ2v) is 8.98. The monoisotopic (exact) mass is 386 g/mol. The molecule has 1 aromatic carbocycles. The minimum Gasteiger partial charge on any atom is -0.272 e. The van der Waals surface area contributed by atoms with Crippen LogP contribution in [0.25, 0.3) is 10.9 Å². The van der Waals surface area contributed by atoms with E-state index in [2.05, 4.69) is 50.0 Å². The van der Waals surface area contributed by atoms with Crippen molar-refractivity contribution in [3.63, 3.8) is 0 Å². The molecule has 7 nitrogen and oxygen atoms in total. The van der Waals surface area contributed by atoms with Gasteiger partial charge >= 0.3 is 0 Å². The number of benzene rings is 1. The van der Waals surface area contributed by atoms with E-state index >= 15 is 0 Å². The number of carbonyl (C=O) groups excluding carboxylic acids is 1. The van der Waals surface area contributed by atoms with Gasteiger partial charge in [0.2, 0.25) is 5.91 Å². The lowest BCUT2D eigenvalue weighted by Gasteiger charge is -2.69. The van der Waals surface area contributed by atoms with Gasteiger partial charge in [-0.05, 0) is 49.8 Å². The first kappa shape index (κ1) is 16.8. The van der Waals surface area contributed by atoms with Crippen LogP contribution in [0.15, 0.2) is 48.0 Å². The number of amides is 1. The first-order chi connectivity index (χ1) is 14.1. The maximum atomic E-state index is 13.3. The van der Waals surface area contributed by atoms with Crippen LogP contribution < -0.4 is 0 Å². The van der Waals surface area contributed by atoms with Gasteiger partial charge in [-0.25, -0.2) is 15.0 Å². The van der Waals surface area contributed by atoms with Gasteiger partial charge in [0.25, 0.3) is 0 Å². The Balaban J connectivity index is 1.17. The van der Waals surface area contributed by atoms with Crippen molar-refractivity contribution >= 4 is 23.0 Å². The fourth-order valence-corrected chi connectivity index (χ4v) is 5.59. The molecule has 3 aliphatic carbocycles. The van der Waals surface area contributed by atoms with Crippen molar-refractivity contribution in [2.24, 2.45) is 15.9 Å². The molecule has 4 aliphatic rings. The maximum absolute atomic E-state index is 13.3. The van der Waals surface area contributed by atoms with Crippen molar-refractivity contribution in [3.05, 3.63) is 54.2 Å². The number of aryl methyl sites for hydroxylation is 1. The molecular weight excluding hydrogens is 364 g/mol. The van der Waals surface area contributed by atoms with Gasteiger partial charge in [0.15, 0.2) is 5.82 Å². The molecule has 3 aromatic rings. The number of carbonyl (C=O) groups is 1. The molecule has 1 atom stereocenters. The van der Waals surface area contributed by atoms with Crippen molar-refractivity contribution in [3.8, 4) is 0 Å². The Morgan fingerprint density at radius 1 is 1.21 bits per heavy atom. The Morgan fingerprint density at radius 2 is 2.00 bits per heavy atom. The first-order valence-corrected chi connectivity index (χ1v) is 10.1. The van der Waals surface area contributed by atoms with Crippen molar-refractivity contribution in [2.75, 3.05) is 0 Å². The summed E-state index contributed by atoms with van der Waals surface area (Å²) >= 11 is 0. The van der Waals surface area contributed by atoms with Gasteiger partial charge < -0.3 is 0 Å². The fraction of sp³-hybridized carbons (Fsp3) is 0.409. The third-order valence-corrected chi connectivity index (χ3v) is 6.80. The largest absolute Gasteiger partial charge is 0.272 e. The Morgan fingerprint density at radius 3 is 2.79 bits per heavy atom. The van der Waals surface area contributed by atoms with Gasteiger partial charge in [0.1, 0.15) is 6.04 Å². The van der Waals surface area contributed by atoms with Crippen LogP contribution in [0.2, 0.25) is 0 Å². The van der Waals surface area contributed by atoms with Crippen LogP contribution in [0.5, 0.6) is 0 Å². The van der Waals surface area contributed by atoms with Crippen molar-refractivity contribution in [1.29, 1.82) is 0 Å². The summed E-state index contributed by atoms with van der Waals surface area (Å²) in [5.41, 5.74) is 2.36. The SMILES string of the molecule is Cc1ccc2c(cnn2CC23CC(C(=O)N4N=CCC4c4ncccn4)(C2)C3)c1. The van der Waals surface area contributed by atoms with Crippen LogP contribution >= 0.6 is 0 Å². The molecule has 7 rings (SSSR count). The smallest absolute Gasteiger partial charge is 0.249 e. The number of aromatic nitrogens is 4. The van der Waals surface area contributed by atoms with Crippen LogP contribution in [-0.2, 0) is 11.3 Å². The molecular formula is C22H22N6O. The zero-order valence-corrected chi connectivity index (χ0v) is 16.3. The second kappa shape index (κ2) is 5.72. The molecule has 0 saturated heterocycles. The van der Waals surface area contributed by atoms with Crippen LogP contribution in [0.4, 0.5) is 0 Å². The Hall–Kier alpha value is -3.09. The standard InChI is InChI=1S/C22H22N6O/c1-15-3-4-17-16(9-15)10-26-27(17)14-21-11-22(12-21,13-21)20(29)28-18(5-8-25-28)19-23-6-2-7-24-19/h2-4,6-10,18H,5,11-14H2,1H3. The Labute approximate surface area is 168 Å². The average molecular weight is 386 g/mol. The molecule has 1 unspecified atom stereocenters. The van der Waals surface area contributed by atoms with E-state index in [1.165, 1.54) is 16.5 Å². The molecule has 0 radical (unpaired) electrons. The summed E-state index contributed by atoms with van der Waals surface area (Å²) < 4.78 is 2.11. The molecule has 2 aromatic heterocycles. The molecule has 2 bridgehead atoms. The van der Waals surface area contributed by atoms with E-state index < -0.39 is 0 Å². The van der Waals surface area contributed by atoms with Crippen LogP contribution in [0.3, 0.4) is 0 Å². The number of hydrogen-bond acceptors (Lipinski definition) is 5. The van der Waals surface area contributed by atoms with E-state index in [9.17, 15) is 4.79 Å². The average Bonchev–Trinajstić information content (AvgIpc) is 3.30. The molecule has 7 heteroatoms. The third kappa shape index (κ3) is 2.39. The third-order valence-electron chi connectivity index (χ3n) is 6.80. The maximum Gasteiger partial charge on any atom is 0.249 e. The summed E-state index contributed by atoms with van der Waals surface area (Å²) in [5, 5.41) is 11.8. The fourth-order valence-electron chi connectivity index (χ4n) is 5.59. The quantitative estimate of drug-likeness (QED) is 0.690. The zero-order valence-electron chi connectivity index (χ0n) is 16.3. The van der Waals surface area contributed by atoms with Gasteiger partial charge in [-0.1, -0.05) is 11.6 Å². The van der Waals surface area contributed by atoms with Gasteiger partial charge in [-0.3, -0.25) is 9.48 Å². The lowest BCUT2D eigenvalue weighted by atomic mass is 9.34. The number of hydrogen-bond donors (Lipinski definition) is 0. The van der Waals surface area contributed by atoms with Crippen LogP contribution in [0, 0.1) is 17.8 Å². The molecule has 1 aliphatic heterocycles. The predicted molar refractivity (Wildman–Crippen MR) is 108 cm³/mol. The predicted octanol–water partition coefficient (Wildman–Crippen LogP) is 3.26. The van der Waals surface area contributed by atoms with Gasteiger partial charge in [0.05, 0.1) is 17.1 Å². The van der Waals surface area contributed by atoms with Crippen molar-refractivity contribution < 1.29 is 4.79 Å². The Kier molecular flexibility index (Phi) is 3.32. The summed E-state index contributed by atoms with van der Waals surface area (Å²) in [7, 11) is 0. The zero-order chi connectivity index (χ0) is 19.6. The van der Waals surface area contributed by atoms with E-state index in [-0.39, 0.29) is 22.8 Å². The highest BCUT2D eigenvalue weighted by Gasteiger charge is 2.72. The summed E-state index contributed by atoms with van der Waals surface area (Å²) in [6.45, 7) is 2.98. The summed E-state index contributed by atoms with van der Waals surface area (Å²) in [4.78, 5) is 22.0. The van der Waals surface area contributed by atoms with E-state index in [4.69, 9.17) is 0 Å². The summed E-state index contributed by atoms with van der Waals surface area (Å²) in [6.07, 6.45) is 10.6. The highest BCUT2D eigenvalue weighted by Crippen LogP contribution is 2.74. The highest BCUT2D eigenvalue weighted by molar-refractivity contribution is 5.88. The number of rotatable bonds is 4. The van der Waals surface area contributed by atoms with Gasteiger partial charge in [0, 0.05) is 37.0 Å². The minimum absolute atomic E-state index is 0.131. The van der Waals surface area contributed by atoms with E-state index in [1.807, 2.05) is 6.20 Å². The topological polar surface area (TPSA) is 76.3 Å². The lowest BCUT2D eigenvalue weighted by Crippen LogP contribution is -2.68. The van der Waals surface area contributed by atoms with Crippen molar-refractivity contribution in [1.82, 2.24) is 24.8 Å². The molecule has 3 fully saturated rings. The van der Waals surface area contributed by atoms with Crippen molar-refractivity contribution in [2.45, 2.75) is 45.2 Å². The van der Waals surface area contributed by atoms with Crippen LogP contribution in [-0.4, -0.2) is 36.9 Å². The van der Waals surface area contributed by atoms with Gasteiger partial charge in [-0.2, -0.15) is 10.2 Å². The molecule has 1 amide bonds. The summed E-state index contributed by atoms with van der Waals surface area (Å²) in [5.74, 6) is 0.796. The second-order valence-electron chi connectivity index (χ2n) is 8.98. The minimum atomic E-state index is -0.256. The highest BCUT2D eigenvalue weighted by atomic mass is 16.2. The van der Waals surface area contributed by atoms with E-state index in [1.54, 1.807) is 29.7 Å². The lowest BCUT2D eigenvalue weighted by molar-refractivity contribution is -0.223. The number of hydrazone groups is 1. The van der Waals surface area contributed by atoms with Crippen LogP contribution in [0.1, 0.15) is 43.1 Å². The van der Waals surface area contributed by atoms with Gasteiger partial charge in [-0.15, -0.1) is 0 Å². The molecule has 3 saturated carbocycles. The number of fused-ring (bicyclic) bond motifs is 1. The first-order valence-electron chi connectivity index (χ1n) is 10.1. The molecule has 0 spiro atoms. The molecule has 0 N–H and O–H groups in total.